The predicted molar refractivity (Wildman–Crippen MR) is 71.7 cm³/mol. The van der Waals surface area contributed by atoms with Crippen LogP contribution >= 0.6 is 0 Å². The Morgan fingerprint density at radius 1 is 1.29 bits per heavy atom. The van der Waals surface area contributed by atoms with Crippen molar-refractivity contribution in [3.05, 3.63) is 23.8 Å². The molecule has 0 spiro atoms. The Hall–Kier alpha value is -1.22. The van der Waals surface area contributed by atoms with Crippen LogP contribution in [0.5, 0.6) is 5.75 Å². The average Bonchev–Trinajstić information content (AvgIpc) is 2.27. The number of nitrogens with zero attached hydrogens (tertiary/aromatic N) is 1. The van der Waals surface area contributed by atoms with Gasteiger partial charge in [-0.15, -0.1) is 0 Å². The van der Waals surface area contributed by atoms with Crippen molar-refractivity contribution < 1.29 is 5.11 Å². The summed E-state index contributed by atoms with van der Waals surface area (Å²) in [4.78, 5) is 2.24. The summed E-state index contributed by atoms with van der Waals surface area (Å²) >= 11 is 0. The lowest BCUT2D eigenvalue weighted by Gasteiger charge is -2.28. The molecular weight excluding hydrogens is 212 g/mol. The Balaban J connectivity index is 2.09. The van der Waals surface area contributed by atoms with Crippen molar-refractivity contribution in [2.45, 2.75) is 20.3 Å². The molecule has 0 saturated carbocycles. The summed E-state index contributed by atoms with van der Waals surface area (Å²) in [5, 5.41) is 13.3. The van der Waals surface area contributed by atoms with Crippen LogP contribution < -0.4 is 10.2 Å². The molecule has 0 unspecified atom stereocenters. The van der Waals surface area contributed by atoms with Gasteiger partial charge in [-0.05, 0) is 50.9 Å². The first-order valence-electron chi connectivity index (χ1n) is 6.52. The van der Waals surface area contributed by atoms with Gasteiger partial charge < -0.3 is 15.3 Å². The molecule has 2 N–H and O–H groups in total. The summed E-state index contributed by atoms with van der Waals surface area (Å²) in [6.45, 7) is 8.38. The minimum atomic E-state index is 0.446. The van der Waals surface area contributed by atoms with Gasteiger partial charge >= 0.3 is 0 Å². The van der Waals surface area contributed by atoms with E-state index in [1.165, 1.54) is 0 Å². The lowest BCUT2D eigenvalue weighted by atomic mass is 9.94. The van der Waals surface area contributed by atoms with Gasteiger partial charge in [0.05, 0.1) is 0 Å². The van der Waals surface area contributed by atoms with Gasteiger partial charge in [-0.25, -0.2) is 0 Å². The van der Waals surface area contributed by atoms with Crippen LogP contribution in [0.15, 0.2) is 18.2 Å². The molecule has 1 aliphatic heterocycles. The Kier molecular flexibility index (Phi) is 3.89. The van der Waals surface area contributed by atoms with Gasteiger partial charge in [0.2, 0.25) is 0 Å². The molecule has 1 aromatic carbocycles. The molecular formula is C14H22N2O. The molecule has 0 aromatic heterocycles. The van der Waals surface area contributed by atoms with Gasteiger partial charge in [0.15, 0.2) is 0 Å². The molecule has 1 heterocycles. The largest absolute Gasteiger partial charge is 0.508 e. The summed E-state index contributed by atoms with van der Waals surface area (Å²) in [5.74, 6) is 1.14. The zero-order chi connectivity index (χ0) is 12.3. The molecule has 0 amide bonds. The summed E-state index contributed by atoms with van der Waals surface area (Å²) in [7, 11) is 0. The number of nitrogens with one attached hydrogen (secondary N) is 1. The third-order valence-corrected chi connectivity index (χ3v) is 3.57. The first kappa shape index (κ1) is 12.2. The number of rotatable bonds is 5. The maximum absolute atomic E-state index is 10.1. The lowest BCUT2D eigenvalue weighted by Crippen LogP contribution is -2.43. The standard InChI is InChI=1S/C14H22N2O/c1-3-16(4-2)13-6-5-12(14(17)8-13)7-11-9-15-10-11/h5-6,8,11,15,17H,3-4,7,9-10H2,1-2H3. The molecule has 0 radical (unpaired) electrons. The molecule has 94 valence electrons. The number of hydrogen-bond acceptors (Lipinski definition) is 3. The Morgan fingerprint density at radius 2 is 2.00 bits per heavy atom. The molecule has 2 rings (SSSR count). The maximum Gasteiger partial charge on any atom is 0.120 e. The normalized spacial score (nSPS) is 15.6. The van der Waals surface area contributed by atoms with E-state index in [0.29, 0.717) is 11.7 Å². The topological polar surface area (TPSA) is 35.5 Å². The first-order chi connectivity index (χ1) is 8.24. The highest BCUT2D eigenvalue weighted by Crippen LogP contribution is 2.27. The lowest BCUT2D eigenvalue weighted by molar-refractivity contribution is 0.341. The summed E-state index contributed by atoms with van der Waals surface area (Å²) in [6.07, 6.45) is 0.983. The van der Waals surface area contributed by atoms with Crippen molar-refractivity contribution in [2.24, 2.45) is 5.92 Å². The second-order valence-electron chi connectivity index (χ2n) is 4.71. The van der Waals surface area contributed by atoms with E-state index >= 15 is 0 Å². The van der Waals surface area contributed by atoms with Crippen LogP contribution in [0, 0.1) is 5.92 Å². The van der Waals surface area contributed by atoms with Crippen molar-refractivity contribution in [1.29, 1.82) is 0 Å². The zero-order valence-corrected chi connectivity index (χ0v) is 10.7. The number of phenolic OH excluding ortho intramolecular Hbond substituents is 1. The predicted octanol–water partition coefficient (Wildman–Crippen LogP) is 2.00. The van der Waals surface area contributed by atoms with Crippen molar-refractivity contribution in [3.8, 4) is 5.75 Å². The van der Waals surface area contributed by atoms with Gasteiger partial charge in [-0.1, -0.05) is 6.07 Å². The van der Waals surface area contributed by atoms with Gasteiger partial charge in [0.25, 0.3) is 0 Å². The molecule has 3 nitrogen and oxygen atoms in total. The monoisotopic (exact) mass is 234 g/mol. The number of hydrogen-bond donors (Lipinski definition) is 2. The average molecular weight is 234 g/mol. The van der Waals surface area contributed by atoms with Crippen molar-refractivity contribution in [3.63, 3.8) is 0 Å². The van der Waals surface area contributed by atoms with E-state index in [4.69, 9.17) is 0 Å². The van der Waals surface area contributed by atoms with Crippen LogP contribution in [-0.4, -0.2) is 31.3 Å². The second kappa shape index (κ2) is 5.41. The molecule has 3 heteroatoms. The summed E-state index contributed by atoms with van der Waals surface area (Å²) < 4.78 is 0. The fourth-order valence-corrected chi connectivity index (χ4v) is 2.31. The van der Waals surface area contributed by atoms with Crippen molar-refractivity contribution in [1.82, 2.24) is 5.32 Å². The fourth-order valence-electron chi connectivity index (χ4n) is 2.31. The molecule has 1 aliphatic rings. The molecule has 1 aromatic rings. The van der Waals surface area contributed by atoms with Crippen molar-refractivity contribution >= 4 is 5.69 Å². The highest BCUT2D eigenvalue weighted by Gasteiger charge is 2.18. The number of aromatic hydroxyl groups is 1. The smallest absolute Gasteiger partial charge is 0.120 e. The molecule has 1 fully saturated rings. The highest BCUT2D eigenvalue weighted by molar-refractivity contribution is 5.53. The van der Waals surface area contributed by atoms with E-state index in [1.807, 2.05) is 6.07 Å². The van der Waals surface area contributed by atoms with Crippen molar-refractivity contribution in [2.75, 3.05) is 31.1 Å². The fraction of sp³-hybridized carbons (Fsp3) is 0.571. The van der Waals surface area contributed by atoms with Gasteiger partial charge in [0.1, 0.15) is 5.75 Å². The minimum Gasteiger partial charge on any atom is -0.508 e. The molecule has 0 bridgehead atoms. The van der Waals surface area contributed by atoms with E-state index in [2.05, 4.69) is 36.2 Å². The highest BCUT2D eigenvalue weighted by atomic mass is 16.3. The van der Waals surface area contributed by atoms with E-state index < -0.39 is 0 Å². The van der Waals surface area contributed by atoms with Gasteiger partial charge in [-0.2, -0.15) is 0 Å². The van der Waals surface area contributed by atoms with E-state index in [-0.39, 0.29) is 0 Å². The minimum absolute atomic E-state index is 0.446. The van der Waals surface area contributed by atoms with Gasteiger partial charge in [0, 0.05) is 24.8 Å². The van der Waals surface area contributed by atoms with Crippen LogP contribution in [0.2, 0.25) is 0 Å². The van der Waals surface area contributed by atoms with E-state index in [0.717, 1.165) is 43.9 Å². The summed E-state index contributed by atoms with van der Waals surface area (Å²) in [6, 6.07) is 6.09. The molecule has 0 aliphatic carbocycles. The molecule has 1 saturated heterocycles. The first-order valence-corrected chi connectivity index (χ1v) is 6.52. The van der Waals surface area contributed by atoms with Crippen LogP contribution in [0.1, 0.15) is 19.4 Å². The number of anilines is 1. The van der Waals surface area contributed by atoms with Crippen LogP contribution in [0.4, 0.5) is 5.69 Å². The zero-order valence-electron chi connectivity index (χ0n) is 10.7. The van der Waals surface area contributed by atoms with E-state index in [9.17, 15) is 5.11 Å². The summed E-state index contributed by atoms with van der Waals surface area (Å²) in [5.41, 5.74) is 2.19. The second-order valence-corrected chi connectivity index (χ2v) is 4.71. The molecule has 0 atom stereocenters. The molecule has 17 heavy (non-hydrogen) atoms. The Bertz CT molecular complexity index is 370. The quantitative estimate of drug-likeness (QED) is 0.818. The Morgan fingerprint density at radius 3 is 2.47 bits per heavy atom. The van der Waals surface area contributed by atoms with Crippen LogP contribution in [-0.2, 0) is 6.42 Å². The van der Waals surface area contributed by atoms with E-state index in [1.54, 1.807) is 0 Å². The van der Waals surface area contributed by atoms with Gasteiger partial charge in [-0.3, -0.25) is 0 Å². The number of benzene rings is 1. The van der Waals surface area contributed by atoms with Crippen LogP contribution in [0.3, 0.4) is 0 Å². The number of phenols is 1. The third kappa shape index (κ3) is 2.72. The SMILES string of the molecule is CCN(CC)c1ccc(CC2CNC2)c(O)c1. The maximum atomic E-state index is 10.1. The Labute approximate surface area is 103 Å². The van der Waals surface area contributed by atoms with Crippen LogP contribution in [0.25, 0.3) is 0 Å². The third-order valence-electron chi connectivity index (χ3n) is 3.57.